The number of nitrogens with zero attached hydrogens (tertiary/aromatic N) is 2. The molecule has 0 aliphatic rings. The first kappa shape index (κ1) is 31.8. The van der Waals surface area contributed by atoms with Gasteiger partial charge in [0.05, 0.1) is 28.0 Å². The maximum Gasteiger partial charge on any atom is 0.416 e. The van der Waals surface area contributed by atoms with Crippen molar-refractivity contribution >= 4 is 45.5 Å². The molecule has 5 aromatic rings. The van der Waals surface area contributed by atoms with Crippen molar-refractivity contribution in [3.63, 3.8) is 0 Å². The van der Waals surface area contributed by atoms with Gasteiger partial charge in [-0.1, -0.05) is 54.6 Å². The number of anilines is 1. The SMILES string of the molecule is CNC(=O)CCC(=N)CC(=Nc1ccc(NC(=O)c2ccnc3ccccc23)cc1)c1ccc(-c2ccc(C(F)(F)F)cc2)cc1. The summed E-state index contributed by atoms with van der Waals surface area (Å²) in [7, 11) is 1.54. The monoisotopic (exact) mass is 621 g/mol. The highest BCUT2D eigenvalue weighted by molar-refractivity contribution is 6.14. The van der Waals surface area contributed by atoms with Gasteiger partial charge in [0, 0.05) is 42.9 Å². The first-order chi connectivity index (χ1) is 22.1. The largest absolute Gasteiger partial charge is 0.416 e. The lowest BCUT2D eigenvalue weighted by atomic mass is 9.98. The minimum atomic E-state index is -4.41. The zero-order chi connectivity index (χ0) is 32.7. The summed E-state index contributed by atoms with van der Waals surface area (Å²) >= 11 is 0. The molecular weight excluding hydrogens is 591 g/mol. The van der Waals surface area contributed by atoms with Crippen LogP contribution in [0.2, 0.25) is 0 Å². The Hall–Kier alpha value is -5.64. The van der Waals surface area contributed by atoms with Gasteiger partial charge in [-0.2, -0.15) is 13.2 Å². The van der Waals surface area contributed by atoms with Crippen LogP contribution in [-0.4, -0.2) is 35.3 Å². The maximum atomic E-state index is 13.1. The van der Waals surface area contributed by atoms with E-state index >= 15 is 0 Å². The number of halogens is 3. The van der Waals surface area contributed by atoms with Gasteiger partial charge < -0.3 is 16.0 Å². The van der Waals surface area contributed by atoms with Crippen molar-refractivity contribution in [2.24, 2.45) is 4.99 Å². The van der Waals surface area contributed by atoms with Crippen LogP contribution < -0.4 is 10.6 Å². The number of hydrogen-bond acceptors (Lipinski definition) is 5. The second-order valence-corrected chi connectivity index (χ2v) is 10.5. The molecule has 0 saturated carbocycles. The number of pyridine rings is 1. The van der Waals surface area contributed by atoms with Crippen LogP contribution in [-0.2, 0) is 11.0 Å². The molecule has 5 rings (SSSR count). The normalized spacial score (nSPS) is 11.7. The third kappa shape index (κ3) is 7.89. The summed E-state index contributed by atoms with van der Waals surface area (Å²) in [5.74, 6) is -0.435. The number of aromatic nitrogens is 1. The van der Waals surface area contributed by atoms with Crippen molar-refractivity contribution < 1.29 is 22.8 Å². The van der Waals surface area contributed by atoms with Crippen molar-refractivity contribution in [2.45, 2.75) is 25.4 Å². The number of alkyl halides is 3. The van der Waals surface area contributed by atoms with Crippen LogP contribution in [0.25, 0.3) is 22.0 Å². The predicted octanol–water partition coefficient (Wildman–Crippen LogP) is 8.23. The van der Waals surface area contributed by atoms with Crippen molar-refractivity contribution in [3.05, 3.63) is 126 Å². The van der Waals surface area contributed by atoms with E-state index in [0.717, 1.165) is 34.2 Å². The van der Waals surface area contributed by atoms with E-state index < -0.39 is 11.7 Å². The van der Waals surface area contributed by atoms with E-state index in [-0.39, 0.29) is 31.1 Å². The summed E-state index contributed by atoms with van der Waals surface area (Å²) in [5, 5.41) is 14.7. The van der Waals surface area contributed by atoms with Crippen LogP contribution in [0, 0.1) is 5.41 Å². The van der Waals surface area contributed by atoms with E-state index in [1.54, 1.807) is 55.7 Å². The molecule has 2 amide bonds. The number of nitrogens with one attached hydrogen (secondary N) is 3. The van der Waals surface area contributed by atoms with Gasteiger partial charge in [-0.25, -0.2) is 0 Å². The molecule has 0 spiro atoms. The summed E-state index contributed by atoms with van der Waals surface area (Å²) in [5.41, 5.74) is 4.67. The summed E-state index contributed by atoms with van der Waals surface area (Å²) in [4.78, 5) is 33.9. The van der Waals surface area contributed by atoms with E-state index in [2.05, 4.69) is 15.6 Å². The molecule has 1 heterocycles. The number of carbonyl (C=O) groups is 2. The molecule has 4 aromatic carbocycles. The molecule has 0 radical (unpaired) electrons. The van der Waals surface area contributed by atoms with E-state index in [0.29, 0.717) is 33.9 Å². The van der Waals surface area contributed by atoms with Gasteiger partial charge in [0.1, 0.15) is 0 Å². The Morgan fingerprint density at radius 2 is 1.48 bits per heavy atom. The first-order valence-corrected chi connectivity index (χ1v) is 14.5. The molecule has 0 atom stereocenters. The Bertz CT molecular complexity index is 1900. The van der Waals surface area contributed by atoms with E-state index in [1.807, 2.05) is 36.4 Å². The van der Waals surface area contributed by atoms with Gasteiger partial charge in [-0.3, -0.25) is 19.6 Å². The third-order valence-corrected chi connectivity index (χ3v) is 7.36. The lowest BCUT2D eigenvalue weighted by Gasteiger charge is -2.11. The fraction of sp³-hybridized carbons (Fsp3) is 0.139. The zero-order valence-electron chi connectivity index (χ0n) is 24.9. The number of amides is 2. The fourth-order valence-corrected chi connectivity index (χ4v) is 4.86. The fourth-order valence-electron chi connectivity index (χ4n) is 4.86. The van der Waals surface area contributed by atoms with Crippen molar-refractivity contribution in [1.82, 2.24) is 10.3 Å². The van der Waals surface area contributed by atoms with Gasteiger partial charge in [0.2, 0.25) is 5.91 Å². The minimum absolute atomic E-state index is 0.165. The van der Waals surface area contributed by atoms with Crippen molar-refractivity contribution in [3.8, 4) is 11.1 Å². The molecule has 0 aliphatic carbocycles. The number of aliphatic imine (C=N–C) groups is 1. The number of fused-ring (bicyclic) bond motifs is 1. The van der Waals surface area contributed by atoms with Crippen LogP contribution in [0.1, 0.15) is 40.7 Å². The second-order valence-electron chi connectivity index (χ2n) is 10.5. The maximum absolute atomic E-state index is 13.1. The molecule has 0 unspecified atom stereocenters. The Kier molecular flexibility index (Phi) is 9.66. The standard InChI is InChI=1S/C36H30F3N5O2/c1-41-34(45)19-14-27(40)22-33(25-8-6-23(7-9-25)24-10-12-26(13-11-24)36(37,38)39)43-28-15-17-29(18-16-28)44-35(46)31-20-21-42-32-5-3-2-4-30(31)32/h2-13,15-18,20-21,40H,14,19,22H2,1H3,(H,41,45)(H,44,46). The topological polar surface area (TPSA) is 107 Å². The summed E-state index contributed by atoms with van der Waals surface area (Å²) in [6.07, 6.45) is -2.19. The Labute approximate surface area is 263 Å². The average molecular weight is 622 g/mol. The van der Waals surface area contributed by atoms with Gasteiger partial charge in [0.15, 0.2) is 0 Å². The molecule has 0 aliphatic heterocycles. The highest BCUT2D eigenvalue weighted by Crippen LogP contribution is 2.31. The van der Waals surface area contributed by atoms with E-state index in [9.17, 15) is 22.8 Å². The van der Waals surface area contributed by atoms with Crippen LogP contribution in [0.5, 0.6) is 0 Å². The molecule has 10 heteroatoms. The summed E-state index contributed by atoms with van der Waals surface area (Å²) < 4.78 is 39.0. The number of benzene rings is 4. The quantitative estimate of drug-likeness (QED) is 0.137. The molecule has 1 aromatic heterocycles. The summed E-state index contributed by atoms with van der Waals surface area (Å²) in [6.45, 7) is 0. The Balaban J connectivity index is 1.37. The third-order valence-electron chi connectivity index (χ3n) is 7.36. The number of rotatable bonds is 10. The predicted molar refractivity (Wildman–Crippen MR) is 175 cm³/mol. The van der Waals surface area contributed by atoms with E-state index in [4.69, 9.17) is 10.4 Å². The molecule has 0 fully saturated rings. The van der Waals surface area contributed by atoms with Crippen molar-refractivity contribution in [2.75, 3.05) is 12.4 Å². The van der Waals surface area contributed by atoms with Gasteiger partial charge in [-0.05, 0) is 71.6 Å². The zero-order valence-corrected chi connectivity index (χ0v) is 24.9. The number of para-hydroxylation sites is 1. The molecular formula is C36H30F3N5O2. The first-order valence-electron chi connectivity index (χ1n) is 14.5. The highest BCUT2D eigenvalue weighted by Gasteiger charge is 2.30. The van der Waals surface area contributed by atoms with Gasteiger partial charge >= 0.3 is 6.18 Å². The van der Waals surface area contributed by atoms with Crippen LogP contribution in [0.4, 0.5) is 24.5 Å². The number of carbonyl (C=O) groups excluding carboxylic acids is 2. The second kappa shape index (κ2) is 14.0. The van der Waals surface area contributed by atoms with Crippen molar-refractivity contribution in [1.29, 1.82) is 5.41 Å². The molecule has 7 nitrogen and oxygen atoms in total. The number of hydrogen-bond donors (Lipinski definition) is 3. The van der Waals surface area contributed by atoms with Gasteiger partial charge in [0.25, 0.3) is 5.91 Å². The molecule has 0 saturated heterocycles. The molecule has 3 N–H and O–H groups in total. The minimum Gasteiger partial charge on any atom is -0.359 e. The smallest absolute Gasteiger partial charge is 0.359 e. The lowest BCUT2D eigenvalue weighted by Crippen LogP contribution is -2.19. The van der Waals surface area contributed by atoms with Gasteiger partial charge in [-0.15, -0.1) is 0 Å². The summed E-state index contributed by atoms with van der Waals surface area (Å²) in [6, 6.07) is 28.2. The highest BCUT2D eigenvalue weighted by atomic mass is 19.4. The van der Waals surface area contributed by atoms with E-state index in [1.165, 1.54) is 12.1 Å². The molecule has 46 heavy (non-hydrogen) atoms. The van der Waals surface area contributed by atoms with Crippen LogP contribution >= 0.6 is 0 Å². The average Bonchev–Trinajstić information content (AvgIpc) is 3.07. The Morgan fingerprint density at radius 3 is 2.13 bits per heavy atom. The molecule has 232 valence electrons. The Morgan fingerprint density at radius 1 is 0.826 bits per heavy atom. The van der Waals surface area contributed by atoms with Crippen LogP contribution in [0.3, 0.4) is 0 Å². The molecule has 0 bridgehead atoms. The van der Waals surface area contributed by atoms with Crippen LogP contribution in [0.15, 0.2) is 114 Å². The lowest BCUT2D eigenvalue weighted by molar-refractivity contribution is -0.137.